The molecule has 0 bridgehead atoms. The van der Waals surface area contributed by atoms with Gasteiger partial charge < -0.3 is 9.69 Å². The number of rotatable bonds is 1. The number of nitrogens with zero attached hydrogens (tertiary/aromatic N) is 2. The van der Waals surface area contributed by atoms with Crippen molar-refractivity contribution < 1.29 is 4.79 Å². The molecule has 1 heterocycles. The van der Waals surface area contributed by atoms with Gasteiger partial charge in [-0.3, -0.25) is 0 Å². The van der Waals surface area contributed by atoms with Gasteiger partial charge in [0.25, 0.3) is 0 Å². The molecule has 0 aromatic heterocycles. The largest absolute Gasteiger partial charge is 0.352 e. The molecular weight excluding hydrogens is 291 g/mol. The summed E-state index contributed by atoms with van der Waals surface area (Å²) < 4.78 is 1.12. The molecule has 4 heteroatoms. The fraction of sp³-hybridized carbons (Fsp3) is 0.200. The molecule has 0 saturated heterocycles. The number of halogens is 1. The summed E-state index contributed by atoms with van der Waals surface area (Å²) >= 11 is 2.23. The normalized spacial score (nSPS) is 19.3. The summed E-state index contributed by atoms with van der Waals surface area (Å²) in [6, 6.07) is 5.74. The van der Waals surface area contributed by atoms with E-state index >= 15 is 0 Å². The Balaban J connectivity index is 2.56. The maximum atomic E-state index is 10.9. The predicted octanol–water partition coefficient (Wildman–Crippen LogP) is 2.14. The maximum Gasteiger partial charge on any atom is 0.147 e. The molecule has 2 rings (SSSR count). The van der Waals surface area contributed by atoms with Crippen LogP contribution in [0.4, 0.5) is 5.69 Å². The number of aliphatic imine (C=N–C) groups is 1. The van der Waals surface area contributed by atoms with Crippen LogP contribution < -0.4 is 0 Å². The molecule has 0 spiro atoms. The molecule has 14 heavy (non-hydrogen) atoms. The highest BCUT2D eigenvalue weighted by Gasteiger charge is 2.21. The lowest BCUT2D eigenvalue weighted by Gasteiger charge is -2.26. The second-order valence-electron chi connectivity index (χ2n) is 3.19. The first-order chi connectivity index (χ1) is 6.72. The van der Waals surface area contributed by atoms with E-state index < -0.39 is 0 Å². The number of carbonyl (C=O) groups is 1. The van der Waals surface area contributed by atoms with Gasteiger partial charge in [0, 0.05) is 16.2 Å². The molecule has 0 saturated carbocycles. The minimum atomic E-state index is -0.197. The van der Waals surface area contributed by atoms with Crippen LogP contribution in [0.15, 0.2) is 23.2 Å². The van der Waals surface area contributed by atoms with E-state index in [1.165, 1.54) is 0 Å². The molecule has 0 radical (unpaired) electrons. The highest BCUT2D eigenvalue weighted by molar-refractivity contribution is 14.1. The zero-order chi connectivity index (χ0) is 10.1. The first-order valence-electron chi connectivity index (χ1n) is 4.23. The van der Waals surface area contributed by atoms with E-state index in [1.807, 2.05) is 30.1 Å². The van der Waals surface area contributed by atoms with Gasteiger partial charge in [0.1, 0.15) is 12.3 Å². The third-order valence-corrected chi connectivity index (χ3v) is 2.93. The topological polar surface area (TPSA) is 32.7 Å². The third kappa shape index (κ3) is 1.54. The van der Waals surface area contributed by atoms with Crippen LogP contribution in [0.25, 0.3) is 0 Å². The number of benzene rings is 1. The van der Waals surface area contributed by atoms with E-state index in [2.05, 4.69) is 27.6 Å². The SMILES string of the molecule is CN1C=Nc2ccc(I)cc2C1C=O. The molecule has 0 N–H and O–H groups in total. The fourth-order valence-electron chi connectivity index (χ4n) is 1.49. The van der Waals surface area contributed by atoms with Crippen molar-refractivity contribution in [3.8, 4) is 0 Å². The molecule has 1 aliphatic heterocycles. The van der Waals surface area contributed by atoms with Gasteiger partial charge >= 0.3 is 0 Å². The fourth-order valence-corrected chi connectivity index (χ4v) is 2.01. The van der Waals surface area contributed by atoms with Crippen LogP contribution in [0.3, 0.4) is 0 Å². The van der Waals surface area contributed by atoms with Crippen molar-refractivity contribution >= 4 is 40.9 Å². The summed E-state index contributed by atoms with van der Waals surface area (Å²) in [7, 11) is 1.85. The van der Waals surface area contributed by atoms with E-state index in [9.17, 15) is 4.79 Å². The van der Waals surface area contributed by atoms with Gasteiger partial charge in [0.15, 0.2) is 0 Å². The highest BCUT2D eigenvalue weighted by Crippen LogP contribution is 2.31. The Kier molecular flexibility index (Phi) is 2.54. The summed E-state index contributed by atoms with van der Waals surface area (Å²) in [5, 5.41) is 0. The van der Waals surface area contributed by atoms with Crippen LogP contribution in [-0.4, -0.2) is 24.6 Å². The first-order valence-corrected chi connectivity index (χ1v) is 5.31. The first kappa shape index (κ1) is 9.64. The average molecular weight is 300 g/mol. The lowest BCUT2D eigenvalue weighted by Crippen LogP contribution is -2.26. The van der Waals surface area contributed by atoms with E-state index in [-0.39, 0.29) is 6.04 Å². The minimum absolute atomic E-state index is 0.197. The van der Waals surface area contributed by atoms with Gasteiger partial charge in [-0.1, -0.05) is 0 Å². The molecule has 3 nitrogen and oxygen atoms in total. The van der Waals surface area contributed by atoms with E-state index in [4.69, 9.17) is 0 Å². The molecule has 1 unspecified atom stereocenters. The average Bonchev–Trinajstić information content (AvgIpc) is 2.17. The van der Waals surface area contributed by atoms with Gasteiger partial charge in [0.05, 0.1) is 12.0 Å². The predicted molar refractivity (Wildman–Crippen MR) is 63.9 cm³/mol. The monoisotopic (exact) mass is 300 g/mol. The molecule has 1 aliphatic rings. The summed E-state index contributed by atoms with van der Waals surface area (Å²) in [5.41, 5.74) is 1.87. The summed E-state index contributed by atoms with van der Waals surface area (Å²) in [6.07, 6.45) is 2.63. The minimum Gasteiger partial charge on any atom is -0.352 e. The molecule has 0 aliphatic carbocycles. The quantitative estimate of drug-likeness (QED) is 0.588. The molecule has 72 valence electrons. The van der Waals surface area contributed by atoms with Crippen molar-refractivity contribution in [3.63, 3.8) is 0 Å². The molecule has 1 atom stereocenters. The molecule has 1 aromatic carbocycles. The van der Waals surface area contributed by atoms with Crippen LogP contribution in [0, 0.1) is 3.57 Å². The Bertz CT molecular complexity index is 403. The van der Waals surface area contributed by atoms with Gasteiger partial charge in [-0.25, -0.2) is 4.99 Å². The van der Waals surface area contributed by atoms with Crippen molar-refractivity contribution in [1.82, 2.24) is 4.90 Å². The van der Waals surface area contributed by atoms with Crippen LogP contribution in [0.5, 0.6) is 0 Å². The zero-order valence-electron chi connectivity index (χ0n) is 7.64. The summed E-state index contributed by atoms with van der Waals surface area (Å²) in [5.74, 6) is 0. The lowest BCUT2D eigenvalue weighted by molar-refractivity contribution is -0.111. The number of hydrogen-bond acceptors (Lipinski definition) is 3. The smallest absolute Gasteiger partial charge is 0.147 e. The Hall–Kier alpha value is -0.910. The zero-order valence-corrected chi connectivity index (χ0v) is 9.80. The molecule has 0 amide bonds. The van der Waals surface area contributed by atoms with Crippen molar-refractivity contribution in [2.24, 2.45) is 4.99 Å². The van der Waals surface area contributed by atoms with Gasteiger partial charge in [-0.15, -0.1) is 0 Å². The summed E-state index contributed by atoms with van der Waals surface area (Å²) in [6.45, 7) is 0. The van der Waals surface area contributed by atoms with E-state index in [0.29, 0.717) is 0 Å². The Labute approximate surface area is 96.0 Å². The van der Waals surface area contributed by atoms with Crippen molar-refractivity contribution in [2.75, 3.05) is 7.05 Å². The Morgan fingerprint density at radius 3 is 3.07 bits per heavy atom. The number of fused-ring (bicyclic) bond motifs is 1. The highest BCUT2D eigenvalue weighted by atomic mass is 127. The van der Waals surface area contributed by atoms with Crippen molar-refractivity contribution in [3.05, 3.63) is 27.3 Å². The van der Waals surface area contributed by atoms with Gasteiger partial charge in [-0.05, 0) is 40.8 Å². The van der Waals surface area contributed by atoms with Crippen molar-refractivity contribution in [2.45, 2.75) is 6.04 Å². The van der Waals surface area contributed by atoms with Crippen LogP contribution in [-0.2, 0) is 4.79 Å². The second-order valence-corrected chi connectivity index (χ2v) is 4.44. The van der Waals surface area contributed by atoms with Crippen LogP contribution in [0.1, 0.15) is 11.6 Å². The maximum absolute atomic E-state index is 10.9. The van der Waals surface area contributed by atoms with Crippen molar-refractivity contribution in [1.29, 1.82) is 0 Å². The third-order valence-electron chi connectivity index (χ3n) is 2.25. The molecular formula is C10H9IN2O. The van der Waals surface area contributed by atoms with Crippen LogP contribution in [0.2, 0.25) is 0 Å². The summed E-state index contributed by atoms with van der Waals surface area (Å²) in [4.78, 5) is 17.0. The lowest BCUT2D eigenvalue weighted by atomic mass is 10.0. The standard InChI is InChI=1S/C10H9IN2O/c1-13-6-12-9-3-2-7(11)4-8(9)10(13)5-14/h2-6,10H,1H3. The number of aldehydes is 1. The molecule has 1 aromatic rings. The Morgan fingerprint density at radius 2 is 2.36 bits per heavy atom. The van der Waals surface area contributed by atoms with Crippen LogP contribution >= 0.6 is 22.6 Å². The number of hydrogen-bond donors (Lipinski definition) is 0. The Morgan fingerprint density at radius 1 is 1.57 bits per heavy atom. The number of carbonyl (C=O) groups excluding carboxylic acids is 1. The number of likely N-dealkylation sites (N-methyl/N-ethyl adjacent to an activating group) is 1. The van der Waals surface area contributed by atoms with E-state index in [1.54, 1.807) is 6.34 Å². The molecule has 0 fully saturated rings. The van der Waals surface area contributed by atoms with Gasteiger partial charge in [0.2, 0.25) is 0 Å². The second kappa shape index (κ2) is 3.68. The van der Waals surface area contributed by atoms with Gasteiger partial charge in [-0.2, -0.15) is 0 Å². The van der Waals surface area contributed by atoms with E-state index in [0.717, 1.165) is 21.1 Å².